The number of nitrogens with one attached hydrogen (secondary N) is 1. The summed E-state index contributed by atoms with van der Waals surface area (Å²) in [5.74, 6) is -0.387. The first kappa shape index (κ1) is 15.9. The number of aromatic hydroxyl groups is 2. The number of aryl methyl sites for hydroxylation is 1. The maximum Gasteiger partial charge on any atom is 0.263 e. The highest BCUT2D eigenvalue weighted by Gasteiger charge is 2.18. The first-order valence-electron chi connectivity index (χ1n) is 6.98. The topological polar surface area (TPSA) is 126 Å². The fourth-order valence-electron chi connectivity index (χ4n) is 2.39. The predicted octanol–water partition coefficient (Wildman–Crippen LogP) is 2.34. The summed E-state index contributed by atoms with van der Waals surface area (Å²) in [6.07, 6.45) is 1.36. The number of benzene rings is 2. The van der Waals surface area contributed by atoms with E-state index in [1.54, 1.807) is 13.0 Å². The number of hydrogen-bond donors (Lipinski definition) is 4. The summed E-state index contributed by atoms with van der Waals surface area (Å²) in [7, 11) is -3.96. The van der Waals surface area contributed by atoms with Crippen LogP contribution in [0.5, 0.6) is 11.5 Å². The van der Waals surface area contributed by atoms with E-state index in [1.165, 1.54) is 36.5 Å². The van der Waals surface area contributed by atoms with Crippen LogP contribution < -0.4 is 10.5 Å². The van der Waals surface area contributed by atoms with Gasteiger partial charge in [-0.1, -0.05) is 6.07 Å². The lowest BCUT2D eigenvalue weighted by Crippen LogP contribution is -2.14. The van der Waals surface area contributed by atoms with Crippen LogP contribution in [0.3, 0.4) is 0 Å². The van der Waals surface area contributed by atoms with Crippen LogP contribution in [0.4, 0.5) is 11.5 Å². The van der Waals surface area contributed by atoms with Gasteiger partial charge in [-0.05, 0) is 42.1 Å². The molecule has 124 valence electrons. The van der Waals surface area contributed by atoms with Gasteiger partial charge < -0.3 is 15.9 Å². The Balaban J connectivity index is 2.10. The molecule has 0 aliphatic rings. The molecular weight excluding hydrogens is 330 g/mol. The zero-order valence-corrected chi connectivity index (χ0v) is 13.5. The number of phenols is 1. The van der Waals surface area contributed by atoms with E-state index < -0.39 is 10.0 Å². The van der Waals surface area contributed by atoms with Crippen molar-refractivity contribution in [1.29, 1.82) is 0 Å². The maximum atomic E-state index is 12.5. The molecule has 0 aliphatic carbocycles. The molecule has 3 aromatic rings. The average Bonchev–Trinajstić information content (AvgIpc) is 2.54. The molecule has 0 amide bonds. The van der Waals surface area contributed by atoms with Gasteiger partial charge in [0, 0.05) is 23.3 Å². The zero-order valence-electron chi connectivity index (χ0n) is 12.7. The van der Waals surface area contributed by atoms with Gasteiger partial charge in [0.05, 0.1) is 4.90 Å². The van der Waals surface area contributed by atoms with Crippen molar-refractivity contribution in [2.45, 2.75) is 11.8 Å². The molecule has 0 aliphatic heterocycles. The van der Waals surface area contributed by atoms with E-state index in [1.807, 2.05) is 0 Å². The van der Waals surface area contributed by atoms with Crippen LogP contribution in [-0.4, -0.2) is 23.6 Å². The molecule has 1 heterocycles. The van der Waals surface area contributed by atoms with Crippen molar-refractivity contribution in [3.63, 3.8) is 0 Å². The van der Waals surface area contributed by atoms with Gasteiger partial charge in [-0.25, -0.2) is 13.4 Å². The van der Waals surface area contributed by atoms with Crippen molar-refractivity contribution in [2.24, 2.45) is 0 Å². The molecule has 0 saturated heterocycles. The van der Waals surface area contributed by atoms with Gasteiger partial charge in [-0.3, -0.25) is 4.72 Å². The summed E-state index contributed by atoms with van der Waals surface area (Å²) in [5.41, 5.74) is 6.77. The van der Waals surface area contributed by atoms with Gasteiger partial charge in [0.15, 0.2) is 11.6 Å². The molecule has 5 N–H and O–H groups in total. The van der Waals surface area contributed by atoms with Crippen LogP contribution >= 0.6 is 0 Å². The first-order chi connectivity index (χ1) is 11.3. The zero-order chi connectivity index (χ0) is 17.5. The van der Waals surface area contributed by atoms with E-state index in [0.29, 0.717) is 16.3 Å². The second-order valence-electron chi connectivity index (χ2n) is 5.29. The molecule has 0 fully saturated rings. The highest BCUT2D eigenvalue weighted by Crippen LogP contribution is 2.33. The second kappa shape index (κ2) is 5.57. The summed E-state index contributed by atoms with van der Waals surface area (Å²) in [5, 5.41) is 20.6. The quantitative estimate of drug-likeness (QED) is 0.540. The molecule has 1 aromatic heterocycles. The maximum absolute atomic E-state index is 12.5. The molecule has 0 radical (unpaired) electrons. The minimum Gasteiger partial charge on any atom is -0.508 e. The molecule has 0 unspecified atom stereocenters. The Bertz CT molecular complexity index is 1050. The van der Waals surface area contributed by atoms with Crippen molar-refractivity contribution in [2.75, 3.05) is 10.5 Å². The molecule has 0 spiro atoms. The minimum absolute atomic E-state index is 0.0307. The van der Waals surface area contributed by atoms with E-state index in [-0.39, 0.29) is 27.9 Å². The van der Waals surface area contributed by atoms with E-state index in [9.17, 15) is 18.6 Å². The van der Waals surface area contributed by atoms with Gasteiger partial charge in [0.2, 0.25) is 0 Å². The van der Waals surface area contributed by atoms with Crippen molar-refractivity contribution in [3.05, 3.63) is 48.2 Å². The van der Waals surface area contributed by atoms with Crippen LogP contribution in [0.1, 0.15) is 5.56 Å². The lowest BCUT2D eigenvalue weighted by Gasteiger charge is -2.12. The van der Waals surface area contributed by atoms with Gasteiger partial charge in [0.1, 0.15) is 5.75 Å². The minimum atomic E-state index is -3.96. The van der Waals surface area contributed by atoms with E-state index >= 15 is 0 Å². The number of fused-ring (bicyclic) bond motifs is 1. The molecule has 0 bridgehead atoms. The third-order valence-corrected chi connectivity index (χ3v) is 5.05. The second-order valence-corrected chi connectivity index (χ2v) is 6.98. The standard InChI is InChI=1S/C16H15N3O4S/c1-9-11-5-4-10(7-12(11)13(17)8-15(9)21)24(22,23)19-16-14(20)3-2-6-18-16/h2-8,20-21H,17H2,1H3,(H,18,19). The summed E-state index contributed by atoms with van der Waals surface area (Å²) in [6, 6.07) is 8.59. The number of sulfonamides is 1. The van der Waals surface area contributed by atoms with Crippen LogP contribution in [0.2, 0.25) is 0 Å². The largest absolute Gasteiger partial charge is 0.508 e. The molecule has 8 heteroatoms. The first-order valence-corrected chi connectivity index (χ1v) is 8.46. The van der Waals surface area contributed by atoms with Crippen LogP contribution in [0, 0.1) is 6.92 Å². The van der Waals surface area contributed by atoms with Crippen molar-refractivity contribution < 1.29 is 18.6 Å². The summed E-state index contributed by atoms with van der Waals surface area (Å²) < 4.78 is 27.3. The van der Waals surface area contributed by atoms with E-state index in [0.717, 1.165) is 0 Å². The number of nitrogens with two attached hydrogens (primary N) is 1. The molecule has 24 heavy (non-hydrogen) atoms. The SMILES string of the molecule is Cc1c(O)cc(N)c2cc(S(=O)(=O)Nc3ncccc3O)ccc12. The van der Waals surface area contributed by atoms with Crippen molar-refractivity contribution in [3.8, 4) is 11.5 Å². The smallest absolute Gasteiger partial charge is 0.263 e. The van der Waals surface area contributed by atoms with Crippen LogP contribution in [0.15, 0.2) is 47.5 Å². The summed E-state index contributed by atoms with van der Waals surface area (Å²) in [4.78, 5) is 3.77. The number of anilines is 2. The Hall–Kier alpha value is -3.00. The summed E-state index contributed by atoms with van der Waals surface area (Å²) >= 11 is 0. The Kier molecular flexibility index (Phi) is 3.69. The number of pyridine rings is 1. The number of rotatable bonds is 3. The molecule has 3 rings (SSSR count). The van der Waals surface area contributed by atoms with Gasteiger partial charge in [0.25, 0.3) is 10.0 Å². The van der Waals surface area contributed by atoms with Crippen LogP contribution in [-0.2, 0) is 10.0 Å². The number of phenolic OH excluding ortho intramolecular Hbond substituents is 1. The number of nitrogens with zero attached hydrogens (tertiary/aromatic N) is 1. The normalized spacial score (nSPS) is 11.5. The van der Waals surface area contributed by atoms with Gasteiger partial charge in [-0.15, -0.1) is 0 Å². The molecule has 0 atom stereocenters. The third-order valence-electron chi connectivity index (χ3n) is 3.71. The van der Waals surface area contributed by atoms with E-state index in [2.05, 4.69) is 9.71 Å². The highest BCUT2D eigenvalue weighted by molar-refractivity contribution is 7.92. The van der Waals surface area contributed by atoms with Crippen LogP contribution in [0.25, 0.3) is 10.8 Å². The van der Waals surface area contributed by atoms with Gasteiger partial charge >= 0.3 is 0 Å². The molecule has 0 saturated carbocycles. The number of hydrogen-bond acceptors (Lipinski definition) is 6. The van der Waals surface area contributed by atoms with Crippen molar-refractivity contribution >= 4 is 32.3 Å². The Morgan fingerprint density at radius 2 is 1.83 bits per heavy atom. The summed E-state index contributed by atoms with van der Waals surface area (Å²) in [6.45, 7) is 1.72. The lowest BCUT2D eigenvalue weighted by molar-refractivity contribution is 0.472. The number of aromatic nitrogens is 1. The highest BCUT2D eigenvalue weighted by atomic mass is 32.2. The van der Waals surface area contributed by atoms with Gasteiger partial charge in [-0.2, -0.15) is 0 Å². The number of nitrogen functional groups attached to an aromatic ring is 1. The Morgan fingerprint density at radius 3 is 2.54 bits per heavy atom. The average molecular weight is 345 g/mol. The van der Waals surface area contributed by atoms with Crippen molar-refractivity contribution in [1.82, 2.24) is 4.98 Å². The fraction of sp³-hybridized carbons (Fsp3) is 0.0625. The third kappa shape index (κ3) is 2.67. The lowest BCUT2D eigenvalue weighted by atomic mass is 10.0. The Labute approximate surface area is 138 Å². The fourth-order valence-corrected chi connectivity index (χ4v) is 3.44. The monoisotopic (exact) mass is 345 g/mol. The van der Waals surface area contributed by atoms with E-state index in [4.69, 9.17) is 5.73 Å². The molecule has 7 nitrogen and oxygen atoms in total. The molecule has 2 aromatic carbocycles. The predicted molar refractivity (Wildman–Crippen MR) is 91.5 cm³/mol. The molecular formula is C16H15N3O4S. The Morgan fingerprint density at radius 1 is 1.08 bits per heavy atom.